The molecule has 6 heteroatoms. The molecule has 3 N–H and O–H groups in total. The molecule has 0 saturated carbocycles. The first-order chi connectivity index (χ1) is 9.14. The largest absolute Gasteiger partial charge is 0.416 e. The van der Waals surface area contributed by atoms with E-state index in [2.05, 4.69) is 5.32 Å². The smallest absolute Gasteiger partial charge is 0.355 e. The predicted molar refractivity (Wildman–Crippen MR) is 71.0 cm³/mol. The molecule has 0 radical (unpaired) electrons. The van der Waals surface area contributed by atoms with Crippen molar-refractivity contribution in [2.24, 2.45) is 11.1 Å². The maximum atomic E-state index is 12.4. The molecule has 1 aromatic rings. The normalized spacial score (nSPS) is 12.3. The van der Waals surface area contributed by atoms with Crippen molar-refractivity contribution in [3.8, 4) is 0 Å². The van der Waals surface area contributed by atoms with Gasteiger partial charge in [-0.2, -0.15) is 13.2 Å². The number of amides is 1. The van der Waals surface area contributed by atoms with Crippen molar-refractivity contribution in [2.75, 3.05) is 13.1 Å². The van der Waals surface area contributed by atoms with E-state index >= 15 is 0 Å². The van der Waals surface area contributed by atoms with Crippen LogP contribution < -0.4 is 11.1 Å². The van der Waals surface area contributed by atoms with Crippen LogP contribution in [0.15, 0.2) is 24.3 Å². The van der Waals surface area contributed by atoms with Crippen molar-refractivity contribution in [1.82, 2.24) is 5.32 Å². The molecule has 0 aliphatic heterocycles. The van der Waals surface area contributed by atoms with Crippen LogP contribution in [0, 0.1) is 5.41 Å². The minimum atomic E-state index is -4.36. The lowest BCUT2D eigenvalue weighted by Crippen LogP contribution is -2.39. The molecular weight excluding hydrogens is 269 g/mol. The van der Waals surface area contributed by atoms with Crippen LogP contribution in [-0.2, 0) is 17.4 Å². The highest BCUT2D eigenvalue weighted by atomic mass is 19.4. The van der Waals surface area contributed by atoms with E-state index in [1.54, 1.807) is 0 Å². The van der Waals surface area contributed by atoms with E-state index < -0.39 is 11.7 Å². The summed E-state index contributed by atoms with van der Waals surface area (Å²) in [5.74, 6) is -0.230. The summed E-state index contributed by atoms with van der Waals surface area (Å²) in [4.78, 5) is 11.7. The fourth-order valence-corrected chi connectivity index (χ4v) is 1.47. The third-order valence-corrected chi connectivity index (χ3v) is 2.96. The average molecular weight is 288 g/mol. The molecule has 1 amide bonds. The minimum Gasteiger partial charge on any atom is -0.355 e. The Morgan fingerprint density at radius 3 is 2.20 bits per heavy atom. The molecule has 0 atom stereocenters. The van der Waals surface area contributed by atoms with E-state index in [9.17, 15) is 18.0 Å². The second kappa shape index (κ2) is 6.26. The van der Waals surface area contributed by atoms with Gasteiger partial charge in [0, 0.05) is 6.54 Å². The van der Waals surface area contributed by atoms with Crippen molar-refractivity contribution >= 4 is 5.91 Å². The number of nitrogens with one attached hydrogen (secondary N) is 1. The number of carbonyl (C=O) groups excluding carboxylic acids is 1. The van der Waals surface area contributed by atoms with E-state index in [1.807, 2.05) is 13.8 Å². The standard InChI is InChI=1S/C14H19F3N2O/c1-13(2,8-18)9-19-12(20)7-10-3-5-11(6-4-10)14(15,16)17/h3-6H,7-9,18H2,1-2H3,(H,19,20). The highest BCUT2D eigenvalue weighted by Gasteiger charge is 2.29. The van der Waals surface area contributed by atoms with Gasteiger partial charge in [0.05, 0.1) is 12.0 Å². The van der Waals surface area contributed by atoms with Crippen LogP contribution in [0.3, 0.4) is 0 Å². The maximum Gasteiger partial charge on any atom is 0.416 e. The van der Waals surface area contributed by atoms with Gasteiger partial charge in [-0.1, -0.05) is 26.0 Å². The number of nitrogens with two attached hydrogens (primary N) is 1. The zero-order valence-electron chi connectivity index (χ0n) is 11.6. The summed E-state index contributed by atoms with van der Waals surface area (Å²) in [7, 11) is 0. The monoisotopic (exact) mass is 288 g/mol. The van der Waals surface area contributed by atoms with Crippen LogP contribution >= 0.6 is 0 Å². The molecule has 0 spiro atoms. The van der Waals surface area contributed by atoms with Crippen LogP contribution in [0.1, 0.15) is 25.0 Å². The molecule has 0 fully saturated rings. The first-order valence-corrected chi connectivity index (χ1v) is 6.27. The Morgan fingerprint density at radius 1 is 1.20 bits per heavy atom. The van der Waals surface area contributed by atoms with Gasteiger partial charge < -0.3 is 11.1 Å². The van der Waals surface area contributed by atoms with Crippen LogP contribution in [0.5, 0.6) is 0 Å². The summed E-state index contributed by atoms with van der Waals surface area (Å²) in [6.07, 6.45) is -4.30. The molecule has 0 aliphatic carbocycles. The van der Waals surface area contributed by atoms with Crippen molar-refractivity contribution < 1.29 is 18.0 Å². The summed E-state index contributed by atoms with van der Waals surface area (Å²) < 4.78 is 37.1. The Hall–Kier alpha value is -1.56. The summed E-state index contributed by atoms with van der Waals surface area (Å²) in [5.41, 5.74) is 5.17. The van der Waals surface area contributed by atoms with E-state index in [1.165, 1.54) is 12.1 Å². The van der Waals surface area contributed by atoms with Gasteiger partial charge in [-0.3, -0.25) is 4.79 Å². The third kappa shape index (κ3) is 5.21. The quantitative estimate of drug-likeness (QED) is 0.874. The van der Waals surface area contributed by atoms with Crippen LogP contribution in [0.4, 0.5) is 13.2 Å². The maximum absolute atomic E-state index is 12.4. The molecule has 0 aromatic heterocycles. The average Bonchev–Trinajstić information content (AvgIpc) is 2.36. The van der Waals surface area contributed by atoms with Gasteiger partial charge >= 0.3 is 6.18 Å². The third-order valence-electron chi connectivity index (χ3n) is 2.96. The zero-order valence-corrected chi connectivity index (χ0v) is 11.6. The van der Waals surface area contributed by atoms with Gasteiger partial charge in [0.2, 0.25) is 5.91 Å². The summed E-state index contributed by atoms with van der Waals surface area (Å²) >= 11 is 0. The lowest BCUT2D eigenvalue weighted by Gasteiger charge is -2.22. The van der Waals surface area contributed by atoms with Crippen LogP contribution in [0.25, 0.3) is 0 Å². The van der Waals surface area contributed by atoms with Gasteiger partial charge in [0.25, 0.3) is 0 Å². The number of benzene rings is 1. The Bertz CT molecular complexity index is 452. The van der Waals surface area contributed by atoms with Crippen molar-refractivity contribution in [1.29, 1.82) is 0 Å². The fourth-order valence-electron chi connectivity index (χ4n) is 1.47. The topological polar surface area (TPSA) is 55.1 Å². The molecule has 112 valence electrons. The Morgan fingerprint density at radius 2 is 1.75 bits per heavy atom. The summed E-state index contributed by atoms with van der Waals surface area (Å²) in [6.45, 7) is 4.72. The van der Waals surface area contributed by atoms with E-state index in [0.717, 1.165) is 12.1 Å². The number of rotatable bonds is 5. The number of halogens is 3. The van der Waals surface area contributed by atoms with Gasteiger partial charge in [0.15, 0.2) is 0 Å². The summed E-state index contributed by atoms with van der Waals surface area (Å²) in [5, 5.41) is 2.73. The molecule has 0 heterocycles. The molecule has 20 heavy (non-hydrogen) atoms. The molecule has 0 unspecified atom stereocenters. The highest BCUT2D eigenvalue weighted by Crippen LogP contribution is 2.29. The van der Waals surface area contributed by atoms with E-state index in [4.69, 9.17) is 5.73 Å². The Kier molecular flexibility index (Phi) is 5.16. The van der Waals surface area contributed by atoms with E-state index in [-0.39, 0.29) is 17.7 Å². The van der Waals surface area contributed by atoms with Gasteiger partial charge in [-0.15, -0.1) is 0 Å². The van der Waals surface area contributed by atoms with Gasteiger partial charge in [-0.05, 0) is 29.7 Å². The molecule has 0 bridgehead atoms. The highest BCUT2D eigenvalue weighted by molar-refractivity contribution is 5.78. The minimum absolute atomic E-state index is 0.0544. The molecule has 1 aromatic carbocycles. The number of hydrogen-bond donors (Lipinski definition) is 2. The molecule has 3 nitrogen and oxygen atoms in total. The van der Waals surface area contributed by atoms with E-state index in [0.29, 0.717) is 18.7 Å². The Labute approximate surface area is 116 Å². The zero-order chi connectivity index (χ0) is 15.4. The van der Waals surface area contributed by atoms with Gasteiger partial charge in [0.1, 0.15) is 0 Å². The van der Waals surface area contributed by atoms with Crippen LogP contribution in [0.2, 0.25) is 0 Å². The van der Waals surface area contributed by atoms with Crippen molar-refractivity contribution in [2.45, 2.75) is 26.4 Å². The first kappa shape index (κ1) is 16.5. The molecule has 0 saturated heterocycles. The first-order valence-electron chi connectivity index (χ1n) is 6.27. The number of alkyl halides is 3. The van der Waals surface area contributed by atoms with Crippen molar-refractivity contribution in [3.05, 3.63) is 35.4 Å². The lowest BCUT2D eigenvalue weighted by atomic mass is 9.94. The van der Waals surface area contributed by atoms with Gasteiger partial charge in [-0.25, -0.2) is 0 Å². The second-order valence-corrected chi connectivity index (χ2v) is 5.52. The SMILES string of the molecule is CC(C)(CN)CNC(=O)Cc1ccc(C(F)(F)F)cc1. The number of carbonyl (C=O) groups is 1. The fraction of sp³-hybridized carbons (Fsp3) is 0.500. The predicted octanol–water partition coefficient (Wildman–Crippen LogP) is 2.35. The van der Waals surface area contributed by atoms with Crippen molar-refractivity contribution in [3.63, 3.8) is 0 Å². The van der Waals surface area contributed by atoms with Crippen LogP contribution in [-0.4, -0.2) is 19.0 Å². The Balaban J connectivity index is 2.55. The molecule has 1 rings (SSSR count). The number of hydrogen-bond acceptors (Lipinski definition) is 2. The second-order valence-electron chi connectivity index (χ2n) is 5.52. The summed E-state index contributed by atoms with van der Waals surface area (Å²) in [6, 6.07) is 4.59. The molecular formula is C14H19F3N2O. The molecule has 0 aliphatic rings. The lowest BCUT2D eigenvalue weighted by molar-refractivity contribution is -0.137.